The van der Waals surface area contributed by atoms with E-state index < -0.39 is 5.41 Å². The molecule has 2 heteroatoms. The van der Waals surface area contributed by atoms with Crippen molar-refractivity contribution in [1.29, 1.82) is 0 Å². The van der Waals surface area contributed by atoms with Crippen LogP contribution in [0.3, 0.4) is 0 Å². The zero-order valence-electron chi connectivity index (χ0n) is 19.7. The van der Waals surface area contributed by atoms with Crippen molar-refractivity contribution in [2.75, 3.05) is 13.2 Å². The van der Waals surface area contributed by atoms with Gasteiger partial charge in [-0.05, 0) is 28.7 Å². The summed E-state index contributed by atoms with van der Waals surface area (Å²) in [5.74, 6) is 0.0599. The van der Waals surface area contributed by atoms with Crippen LogP contribution in [0.1, 0.15) is 41.5 Å². The number of hydrogen-bond donors (Lipinski definition) is 0. The van der Waals surface area contributed by atoms with E-state index in [2.05, 4.69) is 128 Å². The SMILES string of the molecule is CCC(OCC1CO1)C(c1ccccc1)C(c1ccccc1)(c1ccccc1)c1ccccc1. The van der Waals surface area contributed by atoms with Crippen molar-refractivity contribution in [2.45, 2.75) is 36.9 Å². The van der Waals surface area contributed by atoms with Crippen molar-refractivity contribution in [2.24, 2.45) is 0 Å². The Bertz CT molecular complexity index is 1040. The zero-order valence-corrected chi connectivity index (χ0v) is 19.7. The highest BCUT2D eigenvalue weighted by Gasteiger charge is 2.48. The summed E-state index contributed by atoms with van der Waals surface area (Å²) >= 11 is 0. The lowest BCUT2D eigenvalue weighted by atomic mass is 9.58. The molecule has 0 aromatic heterocycles. The number of hydrogen-bond acceptors (Lipinski definition) is 2. The molecule has 2 nitrogen and oxygen atoms in total. The molecule has 4 aromatic carbocycles. The second kappa shape index (κ2) is 10.4. The van der Waals surface area contributed by atoms with Crippen LogP contribution in [-0.4, -0.2) is 25.4 Å². The van der Waals surface area contributed by atoms with Gasteiger partial charge in [-0.15, -0.1) is 0 Å². The number of benzene rings is 4. The van der Waals surface area contributed by atoms with Crippen LogP contribution in [0.5, 0.6) is 0 Å². The van der Waals surface area contributed by atoms with Gasteiger partial charge in [-0.25, -0.2) is 0 Å². The lowest BCUT2D eigenvalue weighted by Gasteiger charge is -2.46. The Labute approximate surface area is 203 Å². The Morgan fingerprint density at radius 2 is 1.12 bits per heavy atom. The van der Waals surface area contributed by atoms with Crippen LogP contribution in [0, 0.1) is 0 Å². The molecule has 0 N–H and O–H groups in total. The maximum atomic E-state index is 6.68. The quantitative estimate of drug-likeness (QED) is 0.192. The standard InChI is InChI=1S/C32H32O2/c1-2-30(34-24-29-23-33-29)31(25-15-7-3-8-16-25)32(26-17-9-4-10-18-26,27-19-11-5-12-20-27)28-21-13-6-14-22-28/h3-22,29-31H,2,23-24H2,1H3. The summed E-state index contributed by atoms with van der Waals surface area (Å²) in [6.07, 6.45) is 1.14. The number of epoxide rings is 1. The van der Waals surface area contributed by atoms with Gasteiger partial charge < -0.3 is 9.47 Å². The van der Waals surface area contributed by atoms with Crippen molar-refractivity contribution >= 4 is 0 Å². The second-order valence-corrected chi connectivity index (χ2v) is 9.03. The molecule has 5 rings (SSSR count). The van der Waals surface area contributed by atoms with Gasteiger partial charge in [0.2, 0.25) is 0 Å². The van der Waals surface area contributed by atoms with Crippen molar-refractivity contribution in [1.82, 2.24) is 0 Å². The first kappa shape index (κ1) is 22.6. The first-order valence-electron chi connectivity index (χ1n) is 12.3. The van der Waals surface area contributed by atoms with Gasteiger partial charge >= 0.3 is 0 Å². The predicted molar refractivity (Wildman–Crippen MR) is 138 cm³/mol. The van der Waals surface area contributed by atoms with Gasteiger partial charge in [-0.2, -0.15) is 0 Å². The average molecular weight is 449 g/mol. The molecule has 1 fully saturated rings. The third-order valence-corrected chi connectivity index (χ3v) is 6.99. The number of ether oxygens (including phenoxy) is 2. The van der Waals surface area contributed by atoms with E-state index in [4.69, 9.17) is 9.47 Å². The summed E-state index contributed by atoms with van der Waals surface area (Å²) < 4.78 is 12.2. The Hall–Kier alpha value is -3.20. The molecule has 0 bridgehead atoms. The molecule has 34 heavy (non-hydrogen) atoms. The minimum atomic E-state index is -0.434. The molecule has 1 aliphatic rings. The van der Waals surface area contributed by atoms with Gasteiger partial charge in [0.25, 0.3) is 0 Å². The van der Waals surface area contributed by atoms with E-state index in [0.29, 0.717) is 6.61 Å². The Morgan fingerprint density at radius 1 is 0.706 bits per heavy atom. The molecule has 3 atom stereocenters. The number of rotatable bonds is 10. The van der Waals surface area contributed by atoms with Gasteiger partial charge in [0.05, 0.1) is 24.7 Å². The minimum Gasteiger partial charge on any atom is -0.375 e. The molecule has 0 spiro atoms. The minimum absolute atomic E-state index is 0.00668. The van der Waals surface area contributed by atoms with Gasteiger partial charge in [0.1, 0.15) is 6.10 Å². The molecule has 3 unspecified atom stereocenters. The summed E-state index contributed by atoms with van der Waals surface area (Å²) in [6.45, 7) is 3.67. The highest BCUT2D eigenvalue weighted by atomic mass is 16.6. The first-order valence-corrected chi connectivity index (χ1v) is 12.3. The molecule has 0 aliphatic carbocycles. The fourth-order valence-electron chi connectivity index (χ4n) is 5.39. The summed E-state index contributed by atoms with van der Waals surface area (Å²) in [7, 11) is 0. The molecule has 0 amide bonds. The highest BCUT2D eigenvalue weighted by Crippen LogP contribution is 2.52. The summed E-state index contributed by atoms with van der Waals surface area (Å²) in [5.41, 5.74) is 4.65. The van der Waals surface area contributed by atoms with Crippen LogP contribution in [0.15, 0.2) is 121 Å². The maximum absolute atomic E-state index is 6.68. The van der Waals surface area contributed by atoms with Crippen LogP contribution in [-0.2, 0) is 14.9 Å². The molecular formula is C32H32O2. The van der Waals surface area contributed by atoms with Crippen LogP contribution in [0.2, 0.25) is 0 Å². The average Bonchev–Trinajstić information content (AvgIpc) is 3.75. The lowest BCUT2D eigenvalue weighted by Crippen LogP contribution is -2.43. The van der Waals surface area contributed by atoms with Gasteiger partial charge in [0.15, 0.2) is 0 Å². The van der Waals surface area contributed by atoms with Gasteiger partial charge in [-0.3, -0.25) is 0 Å². The van der Waals surface area contributed by atoms with E-state index in [-0.39, 0.29) is 18.1 Å². The molecule has 1 saturated heterocycles. The molecular weight excluding hydrogens is 416 g/mol. The maximum Gasteiger partial charge on any atom is 0.104 e. The second-order valence-electron chi connectivity index (χ2n) is 9.03. The molecule has 172 valence electrons. The third-order valence-electron chi connectivity index (χ3n) is 6.99. The predicted octanol–water partition coefficient (Wildman–Crippen LogP) is 7.00. The molecule has 0 saturated carbocycles. The van der Waals surface area contributed by atoms with E-state index >= 15 is 0 Å². The topological polar surface area (TPSA) is 21.8 Å². The first-order chi connectivity index (χ1) is 16.8. The fraction of sp³-hybridized carbons (Fsp3) is 0.250. The Kier molecular flexibility index (Phi) is 6.89. The molecule has 1 heterocycles. The van der Waals surface area contributed by atoms with E-state index in [1.54, 1.807) is 0 Å². The zero-order chi connectivity index (χ0) is 23.2. The van der Waals surface area contributed by atoms with E-state index in [9.17, 15) is 0 Å². The largest absolute Gasteiger partial charge is 0.375 e. The fourth-order valence-corrected chi connectivity index (χ4v) is 5.39. The molecule has 0 radical (unpaired) electrons. The normalized spacial score (nSPS) is 17.1. The summed E-state index contributed by atoms with van der Waals surface area (Å²) in [6, 6.07) is 43.7. The van der Waals surface area contributed by atoms with Crippen LogP contribution in [0.25, 0.3) is 0 Å². The lowest BCUT2D eigenvalue weighted by molar-refractivity contribution is 0.0117. The Balaban J connectivity index is 1.81. The van der Waals surface area contributed by atoms with Gasteiger partial charge in [-0.1, -0.05) is 128 Å². The van der Waals surface area contributed by atoms with Crippen molar-refractivity contribution in [3.63, 3.8) is 0 Å². The van der Waals surface area contributed by atoms with E-state index in [0.717, 1.165) is 13.0 Å². The third kappa shape index (κ3) is 4.44. The highest BCUT2D eigenvalue weighted by molar-refractivity contribution is 5.55. The van der Waals surface area contributed by atoms with Crippen molar-refractivity contribution in [3.8, 4) is 0 Å². The van der Waals surface area contributed by atoms with Gasteiger partial charge in [0, 0.05) is 5.92 Å². The smallest absolute Gasteiger partial charge is 0.104 e. The van der Waals surface area contributed by atoms with Crippen LogP contribution in [0.4, 0.5) is 0 Å². The van der Waals surface area contributed by atoms with Crippen LogP contribution >= 0.6 is 0 Å². The summed E-state index contributed by atoms with van der Waals surface area (Å²) in [4.78, 5) is 0. The van der Waals surface area contributed by atoms with Crippen LogP contribution < -0.4 is 0 Å². The Morgan fingerprint density at radius 3 is 1.50 bits per heavy atom. The van der Waals surface area contributed by atoms with Crippen molar-refractivity contribution in [3.05, 3.63) is 144 Å². The molecule has 1 aliphatic heterocycles. The van der Waals surface area contributed by atoms with E-state index in [1.165, 1.54) is 22.3 Å². The summed E-state index contributed by atoms with van der Waals surface area (Å²) in [5, 5.41) is 0. The van der Waals surface area contributed by atoms with E-state index in [1.807, 2.05) is 0 Å². The molecule has 4 aromatic rings. The monoisotopic (exact) mass is 448 g/mol. The van der Waals surface area contributed by atoms with Crippen molar-refractivity contribution < 1.29 is 9.47 Å².